The highest BCUT2D eigenvalue weighted by atomic mass is 16.5. The van der Waals surface area contributed by atoms with Crippen molar-refractivity contribution < 1.29 is 14.3 Å². The summed E-state index contributed by atoms with van der Waals surface area (Å²) < 4.78 is 11.4. The Balaban J connectivity index is 1.58. The lowest BCUT2D eigenvalue weighted by Crippen LogP contribution is -2.38. The molecular weight excluding hydrogens is 292 g/mol. The first-order valence-electron chi connectivity index (χ1n) is 7.96. The SMILES string of the molecule is C=CCO[C@@H]1CN(C(=O)c2ccc3[nH]ccc3c2)[C@H]2COC[C@@H]12. The third-order valence-corrected chi connectivity index (χ3v) is 4.84. The van der Waals surface area contributed by atoms with Gasteiger partial charge in [0, 0.05) is 35.1 Å². The lowest BCUT2D eigenvalue weighted by Gasteiger charge is -2.22. The van der Waals surface area contributed by atoms with Gasteiger partial charge in [0.25, 0.3) is 5.91 Å². The molecule has 2 aliphatic heterocycles. The van der Waals surface area contributed by atoms with Crippen LogP contribution in [0.1, 0.15) is 10.4 Å². The van der Waals surface area contributed by atoms with E-state index in [1.165, 1.54) is 0 Å². The van der Waals surface area contributed by atoms with Crippen molar-refractivity contribution >= 4 is 16.8 Å². The number of rotatable bonds is 4. The van der Waals surface area contributed by atoms with Gasteiger partial charge in [0.15, 0.2) is 0 Å². The molecule has 23 heavy (non-hydrogen) atoms. The van der Waals surface area contributed by atoms with Crippen LogP contribution in [-0.2, 0) is 9.47 Å². The first kappa shape index (κ1) is 14.5. The molecule has 2 fully saturated rings. The highest BCUT2D eigenvalue weighted by Crippen LogP contribution is 2.33. The zero-order valence-corrected chi connectivity index (χ0v) is 12.9. The molecule has 0 spiro atoms. The first-order chi connectivity index (χ1) is 11.3. The van der Waals surface area contributed by atoms with E-state index in [4.69, 9.17) is 9.47 Å². The third kappa shape index (κ3) is 2.46. The maximum Gasteiger partial charge on any atom is 0.254 e. The van der Waals surface area contributed by atoms with E-state index in [1.807, 2.05) is 35.4 Å². The van der Waals surface area contributed by atoms with Crippen molar-refractivity contribution in [3.8, 4) is 0 Å². The van der Waals surface area contributed by atoms with Gasteiger partial charge in [-0.1, -0.05) is 6.08 Å². The summed E-state index contributed by atoms with van der Waals surface area (Å²) in [6.45, 7) is 6.07. The Morgan fingerprint density at radius 1 is 1.43 bits per heavy atom. The number of aromatic nitrogens is 1. The van der Waals surface area contributed by atoms with Crippen molar-refractivity contribution in [1.82, 2.24) is 9.88 Å². The lowest BCUT2D eigenvalue weighted by atomic mass is 10.0. The number of hydrogen-bond donors (Lipinski definition) is 1. The minimum Gasteiger partial charge on any atom is -0.379 e. The summed E-state index contributed by atoms with van der Waals surface area (Å²) in [5.41, 5.74) is 1.75. The Labute approximate surface area is 134 Å². The number of amides is 1. The van der Waals surface area contributed by atoms with Crippen molar-refractivity contribution in [2.24, 2.45) is 5.92 Å². The van der Waals surface area contributed by atoms with Gasteiger partial charge < -0.3 is 19.4 Å². The van der Waals surface area contributed by atoms with Crippen LogP contribution in [0.25, 0.3) is 10.9 Å². The average Bonchev–Trinajstić information content (AvgIpc) is 3.27. The number of hydrogen-bond acceptors (Lipinski definition) is 3. The Morgan fingerprint density at radius 2 is 2.35 bits per heavy atom. The fourth-order valence-electron chi connectivity index (χ4n) is 3.65. The summed E-state index contributed by atoms with van der Waals surface area (Å²) in [7, 11) is 0. The molecular formula is C18H20N2O3. The van der Waals surface area contributed by atoms with Gasteiger partial charge in [0.05, 0.1) is 32.0 Å². The second-order valence-electron chi connectivity index (χ2n) is 6.17. The average molecular weight is 312 g/mol. The van der Waals surface area contributed by atoms with Gasteiger partial charge in [-0.25, -0.2) is 0 Å². The summed E-state index contributed by atoms with van der Waals surface area (Å²) in [4.78, 5) is 18.0. The minimum absolute atomic E-state index is 0.0282. The number of benzene rings is 1. The molecule has 2 saturated heterocycles. The Morgan fingerprint density at radius 3 is 3.22 bits per heavy atom. The number of ether oxygens (including phenoxy) is 2. The maximum absolute atomic E-state index is 13.0. The van der Waals surface area contributed by atoms with Crippen LogP contribution in [0.5, 0.6) is 0 Å². The molecule has 3 heterocycles. The van der Waals surface area contributed by atoms with Crippen LogP contribution < -0.4 is 0 Å². The van der Waals surface area contributed by atoms with Gasteiger partial charge in [0.1, 0.15) is 0 Å². The molecule has 3 atom stereocenters. The van der Waals surface area contributed by atoms with Gasteiger partial charge in [-0.15, -0.1) is 6.58 Å². The fraction of sp³-hybridized carbons (Fsp3) is 0.389. The van der Waals surface area contributed by atoms with Crippen molar-refractivity contribution in [1.29, 1.82) is 0 Å². The number of nitrogens with zero attached hydrogens (tertiary/aromatic N) is 1. The van der Waals surface area contributed by atoms with E-state index >= 15 is 0 Å². The summed E-state index contributed by atoms with van der Waals surface area (Å²) in [5.74, 6) is 0.313. The first-order valence-corrected chi connectivity index (χ1v) is 7.96. The molecule has 5 nitrogen and oxygen atoms in total. The van der Waals surface area contributed by atoms with E-state index in [0.717, 1.165) is 10.9 Å². The number of carbonyl (C=O) groups is 1. The molecule has 1 N–H and O–H groups in total. The summed E-state index contributed by atoms with van der Waals surface area (Å²) in [6.07, 6.45) is 3.66. The van der Waals surface area contributed by atoms with Crippen LogP contribution in [0, 0.1) is 5.92 Å². The zero-order valence-electron chi connectivity index (χ0n) is 12.9. The molecule has 0 saturated carbocycles. The van der Waals surface area contributed by atoms with Gasteiger partial charge >= 0.3 is 0 Å². The third-order valence-electron chi connectivity index (χ3n) is 4.84. The van der Waals surface area contributed by atoms with E-state index in [9.17, 15) is 4.79 Å². The van der Waals surface area contributed by atoms with Crippen LogP contribution >= 0.6 is 0 Å². The van der Waals surface area contributed by atoms with Crippen molar-refractivity contribution in [2.75, 3.05) is 26.4 Å². The number of nitrogens with one attached hydrogen (secondary N) is 1. The summed E-state index contributed by atoms with van der Waals surface area (Å²) in [5, 5.41) is 1.05. The molecule has 120 valence electrons. The van der Waals surface area contributed by atoms with Crippen LogP contribution in [-0.4, -0.2) is 54.3 Å². The second-order valence-corrected chi connectivity index (χ2v) is 6.17. The molecule has 2 aliphatic rings. The predicted octanol–water partition coefficient (Wildman–Crippen LogP) is 2.21. The maximum atomic E-state index is 13.0. The van der Waals surface area contributed by atoms with Gasteiger partial charge in [-0.05, 0) is 24.3 Å². The van der Waals surface area contributed by atoms with Gasteiger partial charge in [-0.3, -0.25) is 4.79 Å². The Hall–Kier alpha value is -2.11. The second kappa shape index (κ2) is 5.83. The van der Waals surface area contributed by atoms with Crippen LogP contribution in [0.3, 0.4) is 0 Å². The molecule has 5 heteroatoms. The highest BCUT2D eigenvalue weighted by molar-refractivity contribution is 5.98. The molecule has 1 aromatic carbocycles. The number of aromatic amines is 1. The molecule has 4 rings (SSSR count). The summed E-state index contributed by atoms with van der Waals surface area (Å²) >= 11 is 0. The molecule has 0 aliphatic carbocycles. The fourth-order valence-corrected chi connectivity index (χ4v) is 3.65. The Bertz CT molecular complexity index is 739. The normalized spacial score (nSPS) is 26.6. The number of likely N-dealkylation sites (tertiary alicyclic amines) is 1. The van der Waals surface area contributed by atoms with Crippen LogP contribution in [0.4, 0.5) is 0 Å². The largest absolute Gasteiger partial charge is 0.379 e. The quantitative estimate of drug-likeness (QED) is 0.881. The molecule has 2 aromatic rings. The molecule has 1 amide bonds. The number of H-pyrrole nitrogens is 1. The minimum atomic E-state index is 0.0282. The molecule has 0 unspecified atom stereocenters. The van der Waals surface area contributed by atoms with Gasteiger partial charge in [0.2, 0.25) is 0 Å². The number of fused-ring (bicyclic) bond motifs is 2. The molecule has 1 aromatic heterocycles. The smallest absolute Gasteiger partial charge is 0.254 e. The lowest BCUT2D eigenvalue weighted by molar-refractivity contribution is 0.0330. The zero-order chi connectivity index (χ0) is 15.8. The topological polar surface area (TPSA) is 54.6 Å². The van der Waals surface area contributed by atoms with Crippen molar-refractivity contribution in [3.05, 3.63) is 48.7 Å². The van der Waals surface area contributed by atoms with E-state index in [2.05, 4.69) is 11.6 Å². The Kier molecular flexibility index (Phi) is 3.67. The highest BCUT2D eigenvalue weighted by Gasteiger charge is 2.47. The van der Waals surface area contributed by atoms with E-state index in [1.54, 1.807) is 6.08 Å². The van der Waals surface area contributed by atoms with Crippen molar-refractivity contribution in [2.45, 2.75) is 12.1 Å². The molecule has 0 radical (unpaired) electrons. The molecule has 0 bridgehead atoms. The van der Waals surface area contributed by atoms with Gasteiger partial charge in [-0.2, -0.15) is 0 Å². The van der Waals surface area contributed by atoms with Crippen LogP contribution in [0.2, 0.25) is 0 Å². The predicted molar refractivity (Wildman–Crippen MR) is 87.4 cm³/mol. The van der Waals surface area contributed by atoms with E-state index in [-0.39, 0.29) is 24.0 Å². The van der Waals surface area contributed by atoms with E-state index < -0.39 is 0 Å². The van der Waals surface area contributed by atoms with Crippen LogP contribution in [0.15, 0.2) is 43.1 Å². The summed E-state index contributed by atoms with van der Waals surface area (Å²) in [6, 6.07) is 7.86. The van der Waals surface area contributed by atoms with Crippen molar-refractivity contribution in [3.63, 3.8) is 0 Å². The monoisotopic (exact) mass is 312 g/mol. The standard InChI is InChI=1S/C18H20N2O3/c1-2-7-23-17-9-20(16-11-22-10-14(16)17)18(21)13-3-4-15-12(8-13)5-6-19-15/h2-6,8,14,16-17,19H,1,7,9-11H2/t14-,16+,17-/m1/s1. The number of carbonyl (C=O) groups excluding carboxylic acids is 1. The van der Waals surface area contributed by atoms with E-state index in [0.29, 0.717) is 31.9 Å².